The summed E-state index contributed by atoms with van der Waals surface area (Å²) in [6.45, 7) is 1.54. The lowest BCUT2D eigenvalue weighted by Crippen LogP contribution is -2.23. The molecule has 0 radical (unpaired) electrons. The van der Waals surface area contributed by atoms with E-state index >= 15 is 0 Å². The highest BCUT2D eigenvalue weighted by molar-refractivity contribution is 5.03. The quantitative estimate of drug-likeness (QED) is 0.758. The van der Waals surface area contributed by atoms with Crippen LogP contribution in [0, 0.1) is 0 Å². The van der Waals surface area contributed by atoms with Gasteiger partial charge in [-0.2, -0.15) is 0 Å². The van der Waals surface area contributed by atoms with E-state index in [1.54, 1.807) is 0 Å². The van der Waals surface area contributed by atoms with E-state index in [9.17, 15) is 0 Å². The van der Waals surface area contributed by atoms with Gasteiger partial charge in [-0.3, -0.25) is 4.98 Å². The van der Waals surface area contributed by atoms with E-state index in [0.717, 1.165) is 25.1 Å². The predicted molar refractivity (Wildman–Crippen MR) is 57.5 cm³/mol. The predicted octanol–water partition coefficient (Wildman–Crippen LogP) is 2.17. The summed E-state index contributed by atoms with van der Waals surface area (Å²) >= 11 is 0. The van der Waals surface area contributed by atoms with Crippen molar-refractivity contribution < 1.29 is 9.47 Å². The Morgan fingerprint density at radius 2 is 2.40 bits per heavy atom. The van der Waals surface area contributed by atoms with E-state index in [0.29, 0.717) is 6.61 Å². The van der Waals surface area contributed by atoms with Crippen molar-refractivity contribution in [3.8, 4) is 0 Å². The second kappa shape index (κ2) is 5.83. The third-order valence-corrected chi connectivity index (χ3v) is 2.53. The van der Waals surface area contributed by atoms with E-state index in [4.69, 9.17) is 9.47 Å². The number of hydrogen-bond acceptors (Lipinski definition) is 3. The molecule has 0 N–H and O–H groups in total. The molecule has 3 heteroatoms. The first kappa shape index (κ1) is 10.6. The van der Waals surface area contributed by atoms with Gasteiger partial charge in [0.05, 0.1) is 6.61 Å². The normalized spacial score (nSPS) is 21.5. The molecule has 1 aromatic rings. The fourth-order valence-electron chi connectivity index (χ4n) is 1.68. The zero-order valence-corrected chi connectivity index (χ0v) is 8.89. The highest BCUT2D eigenvalue weighted by Gasteiger charge is 2.13. The maximum atomic E-state index is 5.62. The lowest BCUT2D eigenvalue weighted by atomic mass is 10.2. The minimum Gasteiger partial charge on any atom is -0.353 e. The molecular formula is C12H17NO2. The molecule has 1 aliphatic rings. The molecule has 2 rings (SSSR count). The van der Waals surface area contributed by atoms with Gasteiger partial charge in [0.15, 0.2) is 6.29 Å². The number of rotatable bonds is 4. The van der Waals surface area contributed by atoms with Crippen LogP contribution in [0.1, 0.15) is 25.0 Å². The molecule has 0 bridgehead atoms. The largest absolute Gasteiger partial charge is 0.353 e. The van der Waals surface area contributed by atoms with E-state index in [1.165, 1.54) is 12.8 Å². The Balaban J connectivity index is 1.66. The topological polar surface area (TPSA) is 31.4 Å². The van der Waals surface area contributed by atoms with Gasteiger partial charge in [-0.05, 0) is 31.4 Å². The molecule has 1 aromatic heterocycles. The average molecular weight is 207 g/mol. The van der Waals surface area contributed by atoms with Crippen LogP contribution in [0.25, 0.3) is 0 Å². The molecule has 0 aliphatic carbocycles. The first-order chi connectivity index (χ1) is 7.45. The Morgan fingerprint density at radius 3 is 3.13 bits per heavy atom. The van der Waals surface area contributed by atoms with Crippen LogP contribution >= 0.6 is 0 Å². The van der Waals surface area contributed by atoms with Crippen molar-refractivity contribution in [3.05, 3.63) is 30.1 Å². The summed E-state index contributed by atoms with van der Waals surface area (Å²) < 4.78 is 11.1. The minimum atomic E-state index is 0.0162. The third kappa shape index (κ3) is 3.61. The van der Waals surface area contributed by atoms with Gasteiger partial charge in [-0.1, -0.05) is 6.07 Å². The number of hydrogen-bond donors (Lipinski definition) is 0. The fraction of sp³-hybridized carbons (Fsp3) is 0.583. The Labute approximate surface area is 90.4 Å². The van der Waals surface area contributed by atoms with Crippen LogP contribution in [0.15, 0.2) is 24.4 Å². The maximum Gasteiger partial charge on any atom is 0.157 e. The number of ether oxygens (including phenoxy) is 2. The molecule has 82 valence electrons. The molecule has 1 atom stereocenters. The van der Waals surface area contributed by atoms with Crippen LogP contribution in [0.3, 0.4) is 0 Å². The lowest BCUT2D eigenvalue weighted by Gasteiger charge is -2.22. The van der Waals surface area contributed by atoms with Crippen LogP contribution in [-0.2, 0) is 15.9 Å². The molecule has 2 heterocycles. The standard InChI is InChI=1S/C12H17NO2/c1-3-8-13-11(5-1)7-10-15-12-6-2-4-9-14-12/h1,3,5,8,12H,2,4,6-7,9-10H2. The van der Waals surface area contributed by atoms with Crippen molar-refractivity contribution in [2.24, 2.45) is 0 Å². The minimum absolute atomic E-state index is 0.0162. The average Bonchev–Trinajstić information content (AvgIpc) is 2.32. The summed E-state index contributed by atoms with van der Waals surface area (Å²) in [6, 6.07) is 5.94. The summed E-state index contributed by atoms with van der Waals surface area (Å²) in [5, 5.41) is 0. The van der Waals surface area contributed by atoms with E-state index in [2.05, 4.69) is 4.98 Å². The van der Waals surface area contributed by atoms with Crippen LogP contribution in [0.2, 0.25) is 0 Å². The van der Waals surface area contributed by atoms with Gasteiger partial charge in [-0.25, -0.2) is 0 Å². The SMILES string of the molecule is c1ccc(CCOC2CCCCO2)nc1. The van der Waals surface area contributed by atoms with E-state index in [-0.39, 0.29) is 6.29 Å². The molecule has 0 aromatic carbocycles. The maximum absolute atomic E-state index is 5.62. The molecule has 1 fully saturated rings. The lowest BCUT2D eigenvalue weighted by molar-refractivity contribution is -0.161. The van der Waals surface area contributed by atoms with Gasteiger partial charge >= 0.3 is 0 Å². The Morgan fingerprint density at radius 1 is 1.40 bits per heavy atom. The summed E-state index contributed by atoms with van der Waals surface area (Å²) in [5.74, 6) is 0. The Kier molecular flexibility index (Phi) is 4.11. The molecule has 0 amide bonds. The van der Waals surface area contributed by atoms with Crippen molar-refractivity contribution in [3.63, 3.8) is 0 Å². The zero-order chi connectivity index (χ0) is 10.3. The first-order valence-electron chi connectivity index (χ1n) is 5.58. The van der Waals surface area contributed by atoms with Crippen molar-refractivity contribution in [2.75, 3.05) is 13.2 Å². The molecule has 1 unspecified atom stereocenters. The number of aromatic nitrogens is 1. The summed E-state index contributed by atoms with van der Waals surface area (Å²) in [4.78, 5) is 4.24. The molecule has 3 nitrogen and oxygen atoms in total. The highest BCUT2D eigenvalue weighted by Crippen LogP contribution is 2.13. The van der Waals surface area contributed by atoms with Crippen molar-refractivity contribution >= 4 is 0 Å². The monoisotopic (exact) mass is 207 g/mol. The second-order valence-electron chi connectivity index (χ2n) is 3.74. The summed E-state index contributed by atoms with van der Waals surface area (Å²) in [5.41, 5.74) is 1.08. The van der Waals surface area contributed by atoms with Gasteiger partial charge in [0.25, 0.3) is 0 Å². The van der Waals surface area contributed by atoms with Gasteiger partial charge in [0.1, 0.15) is 0 Å². The van der Waals surface area contributed by atoms with Crippen LogP contribution in [0.5, 0.6) is 0 Å². The Hall–Kier alpha value is -0.930. The molecule has 0 saturated carbocycles. The Bertz CT molecular complexity index is 270. The molecule has 1 aliphatic heterocycles. The summed E-state index contributed by atoms with van der Waals surface area (Å²) in [6.07, 6.45) is 6.10. The smallest absolute Gasteiger partial charge is 0.157 e. The second-order valence-corrected chi connectivity index (χ2v) is 3.74. The number of nitrogens with zero attached hydrogens (tertiary/aromatic N) is 1. The van der Waals surface area contributed by atoms with Crippen LogP contribution < -0.4 is 0 Å². The molecule has 15 heavy (non-hydrogen) atoms. The zero-order valence-electron chi connectivity index (χ0n) is 8.89. The van der Waals surface area contributed by atoms with Gasteiger partial charge < -0.3 is 9.47 Å². The first-order valence-corrected chi connectivity index (χ1v) is 5.58. The van der Waals surface area contributed by atoms with Crippen molar-refractivity contribution in [1.82, 2.24) is 4.98 Å². The van der Waals surface area contributed by atoms with E-state index in [1.807, 2.05) is 24.4 Å². The van der Waals surface area contributed by atoms with Crippen molar-refractivity contribution in [1.29, 1.82) is 0 Å². The highest BCUT2D eigenvalue weighted by atomic mass is 16.7. The van der Waals surface area contributed by atoms with Crippen molar-refractivity contribution in [2.45, 2.75) is 32.0 Å². The van der Waals surface area contributed by atoms with Crippen LogP contribution in [0.4, 0.5) is 0 Å². The van der Waals surface area contributed by atoms with Crippen LogP contribution in [-0.4, -0.2) is 24.5 Å². The molecule has 0 spiro atoms. The molecule has 1 saturated heterocycles. The van der Waals surface area contributed by atoms with Gasteiger partial charge in [0.2, 0.25) is 0 Å². The third-order valence-electron chi connectivity index (χ3n) is 2.53. The fourth-order valence-corrected chi connectivity index (χ4v) is 1.68. The van der Waals surface area contributed by atoms with E-state index < -0.39 is 0 Å². The van der Waals surface area contributed by atoms with Gasteiger partial charge in [0, 0.05) is 24.9 Å². The number of pyridine rings is 1. The molecular weight excluding hydrogens is 190 g/mol. The van der Waals surface area contributed by atoms with Gasteiger partial charge in [-0.15, -0.1) is 0 Å². The summed E-state index contributed by atoms with van der Waals surface area (Å²) in [7, 11) is 0.